The Morgan fingerprint density at radius 2 is 1.61 bits per heavy atom. The number of piperidine rings is 1. The smallest absolute Gasteiger partial charge is 0.261 e. The second-order valence-corrected chi connectivity index (χ2v) is 13.6. The topological polar surface area (TPSA) is 113 Å². The molecule has 12 heteroatoms. The van der Waals surface area contributed by atoms with Gasteiger partial charge in [0.2, 0.25) is 15.9 Å². The summed E-state index contributed by atoms with van der Waals surface area (Å²) >= 11 is 12.0. The first-order chi connectivity index (χ1) is 17.9. The molecule has 1 fully saturated rings. The predicted octanol–water partition coefficient (Wildman–Crippen LogP) is 5.28. The highest BCUT2D eigenvalue weighted by Gasteiger charge is 2.31. The Bertz CT molecular complexity index is 1540. The first-order valence-corrected chi connectivity index (χ1v) is 15.7. The van der Waals surface area contributed by atoms with Crippen LogP contribution in [0.25, 0.3) is 0 Å². The highest BCUT2D eigenvalue weighted by Crippen LogP contribution is 2.31. The van der Waals surface area contributed by atoms with Gasteiger partial charge in [-0.25, -0.2) is 21.1 Å². The van der Waals surface area contributed by atoms with Gasteiger partial charge >= 0.3 is 0 Å². The average molecular weight is 597 g/mol. The first kappa shape index (κ1) is 28.4. The van der Waals surface area contributed by atoms with Crippen LogP contribution >= 0.6 is 23.2 Å². The monoisotopic (exact) mass is 595 g/mol. The van der Waals surface area contributed by atoms with Gasteiger partial charge in [0, 0.05) is 24.7 Å². The molecular weight excluding hydrogens is 569 g/mol. The van der Waals surface area contributed by atoms with Gasteiger partial charge in [0.05, 0.1) is 26.4 Å². The molecular formula is C26H27Cl2N3O5S2. The van der Waals surface area contributed by atoms with Gasteiger partial charge < -0.3 is 5.32 Å². The van der Waals surface area contributed by atoms with Crippen molar-refractivity contribution >= 4 is 60.5 Å². The van der Waals surface area contributed by atoms with Crippen LogP contribution in [0, 0.1) is 12.8 Å². The van der Waals surface area contributed by atoms with Crippen LogP contribution in [-0.4, -0.2) is 40.1 Å². The van der Waals surface area contributed by atoms with Crippen molar-refractivity contribution in [2.45, 2.75) is 30.4 Å². The zero-order valence-electron chi connectivity index (χ0n) is 20.5. The number of benzene rings is 3. The van der Waals surface area contributed by atoms with E-state index >= 15 is 0 Å². The molecule has 0 radical (unpaired) electrons. The van der Waals surface area contributed by atoms with E-state index < -0.39 is 20.0 Å². The van der Waals surface area contributed by atoms with Crippen molar-refractivity contribution in [3.8, 4) is 0 Å². The number of rotatable bonds is 8. The van der Waals surface area contributed by atoms with Crippen molar-refractivity contribution in [2.24, 2.45) is 5.92 Å². The Morgan fingerprint density at radius 1 is 0.947 bits per heavy atom. The Morgan fingerprint density at radius 3 is 2.26 bits per heavy atom. The SMILES string of the molecule is Cc1cccc(CS(=O)(=O)N2CCC(C(=O)Nc3ccc(S(=O)(=O)Nc4cccc(Cl)c4Cl)cc3)CC2)c1. The zero-order valence-corrected chi connectivity index (χ0v) is 23.7. The third-order valence-corrected chi connectivity index (χ3v) is 10.3. The maximum absolute atomic E-state index is 12.9. The molecule has 202 valence electrons. The van der Waals surface area contributed by atoms with E-state index in [2.05, 4.69) is 10.0 Å². The number of amides is 1. The second-order valence-electron chi connectivity index (χ2n) is 9.14. The molecule has 0 aliphatic carbocycles. The number of hydrogen-bond donors (Lipinski definition) is 2. The lowest BCUT2D eigenvalue weighted by Crippen LogP contribution is -2.41. The standard InChI is InChI=1S/C26H27Cl2N3O5S2/c1-18-4-2-5-19(16-18)17-37(33,34)31-14-12-20(13-15-31)26(32)29-21-8-10-22(11-9-21)38(35,36)30-24-7-3-6-23(27)25(24)28/h2-11,16,20,30H,12-15,17H2,1H3,(H,29,32). The molecule has 4 rings (SSSR count). The van der Waals surface area contributed by atoms with Gasteiger partial charge in [-0.3, -0.25) is 9.52 Å². The Balaban J connectivity index is 1.33. The summed E-state index contributed by atoms with van der Waals surface area (Å²) in [5, 5.41) is 3.11. The minimum atomic E-state index is -3.93. The molecule has 0 aromatic heterocycles. The fourth-order valence-electron chi connectivity index (χ4n) is 4.25. The van der Waals surface area contributed by atoms with Gasteiger partial charge in [0.25, 0.3) is 10.0 Å². The number of carbonyl (C=O) groups is 1. The highest BCUT2D eigenvalue weighted by molar-refractivity contribution is 7.92. The van der Waals surface area contributed by atoms with E-state index in [-0.39, 0.29) is 51.3 Å². The molecule has 3 aromatic carbocycles. The van der Waals surface area contributed by atoms with Gasteiger partial charge in [0.1, 0.15) is 0 Å². The number of halogens is 2. The number of aryl methyl sites for hydroxylation is 1. The maximum atomic E-state index is 12.9. The molecule has 1 amide bonds. The number of nitrogens with zero attached hydrogens (tertiary/aromatic N) is 1. The summed E-state index contributed by atoms with van der Waals surface area (Å²) in [5.41, 5.74) is 2.33. The number of sulfonamides is 2. The minimum Gasteiger partial charge on any atom is -0.326 e. The van der Waals surface area contributed by atoms with Crippen LogP contribution < -0.4 is 10.0 Å². The molecule has 1 heterocycles. The fraction of sp³-hybridized carbons (Fsp3) is 0.269. The summed E-state index contributed by atoms with van der Waals surface area (Å²) in [4.78, 5) is 12.8. The van der Waals surface area contributed by atoms with E-state index in [0.717, 1.165) is 11.1 Å². The van der Waals surface area contributed by atoms with E-state index in [1.165, 1.54) is 34.6 Å². The third kappa shape index (κ3) is 6.86. The van der Waals surface area contributed by atoms with Crippen LogP contribution in [0.1, 0.15) is 24.0 Å². The molecule has 0 unspecified atom stereocenters. The van der Waals surface area contributed by atoms with Crippen molar-refractivity contribution in [2.75, 3.05) is 23.1 Å². The molecule has 1 aliphatic heterocycles. The van der Waals surface area contributed by atoms with E-state index in [1.54, 1.807) is 18.2 Å². The number of anilines is 2. The molecule has 0 saturated carbocycles. The molecule has 38 heavy (non-hydrogen) atoms. The summed E-state index contributed by atoms with van der Waals surface area (Å²) < 4.78 is 55.0. The lowest BCUT2D eigenvalue weighted by atomic mass is 9.97. The third-order valence-electron chi connectivity index (χ3n) is 6.28. The van der Waals surface area contributed by atoms with Crippen LogP contribution in [0.2, 0.25) is 10.0 Å². The van der Waals surface area contributed by atoms with Crippen LogP contribution in [0.3, 0.4) is 0 Å². The van der Waals surface area contributed by atoms with E-state index in [1.807, 2.05) is 25.1 Å². The number of nitrogens with one attached hydrogen (secondary N) is 2. The summed E-state index contributed by atoms with van der Waals surface area (Å²) in [5.74, 6) is -0.658. The molecule has 0 atom stereocenters. The average Bonchev–Trinajstić information content (AvgIpc) is 2.87. The van der Waals surface area contributed by atoms with E-state index in [0.29, 0.717) is 18.5 Å². The quantitative estimate of drug-likeness (QED) is 0.367. The number of hydrogen-bond acceptors (Lipinski definition) is 5. The zero-order chi connectivity index (χ0) is 27.5. The van der Waals surface area contributed by atoms with Crippen molar-refractivity contribution < 1.29 is 21.6 Å². The normalized spacial score (nSPS) is 15.2. The molecule has 3 aromatic rings. The summed E-state index contributed by atoms with van der Waals surface area (Å²) in [6, 6.07) is 17.8. The van der Waals surface area contributed by atoms with Gasteiger partial charge in [-0.2, -0.15) is 0 Å². The largest absolute Gasteiger partial charge is 0.326 e. The molecule has 1 saturated heterocycles. The van der Waals surface area contributed by atoms with Crippen LogP contribution in [0.4, 0.5) is 11.4 Å². The van der Waals surface area contributed by atoms with E-state index in [9.17, 15) is 21.6 Å². The van der Waals surface area contributed by atoms with Crippen molar-refractivity contribution in [1.29, 1.82) is 0 Å². The van der Waals surface area contributed by atoms with Crippen molar-refractivity contribution in [3.05, 3.63) is 87.9 Å². The lowest BCUT2D eigenvalue weighted by Gasteiger charge is -2.30. The Hall–Kier alpha value is -2.63. The van der Waals surface area contributed by atoms with E-state index in [4.69, 9.17) is 23.2 Å². The van der Waals surface area contributed by atoms with Crippen LogP contribution in [0.5, 0.6) is 0 Å². The lowest BCUT2D eigenvalue weighted by molar-refractivity contribution is -0.120. The molecule has 8 nitrogen and oxygen atoms in total. The number of carbonyl (C=O) groups excluding carboxylic acids is 1. The van der Waals surface area contributed by atoms with Gasteiger partial charge in [-0.05, 0) is 61.7 Å². The van der Waals surface area contributed by atoms with Gasteiger partial charge in [-0.1, -0.05) is 59.1 Å². The van der Waals surface area contributed by atoms with Gasteiger partial charge in [0.15, 0.2) is 0 Å². The maximum Gasteiger partial charge on any atom is 0.261 e. The van der Waals surface area contributed by atoms with Crippen LogP contribution in [-0.2, 0) is 30.6 Å². The van der Waals surface area contributed by atoms with Gasteiger partial charge in [-0.15, -0.1) is 0 Å². The first-order valence-electron chi connectivity index (χ1n) is 11.9. The molecule has 2 N–H and O–H groups in total. The highest BCUT2D eigenvalue weighted by atomic mass is 35.5. The fourth-order valence-corrected chi connectivity index (χ4v) is 7.27. The molecule has 1 aliphatic rings. The van der Waals surface area contributed by atoms with Crippen molar-refractivity contribution in [1.82, 2.24) is 4.31 Å². The second kappa shape index (κ2) is 11.6. The van der Waals surface area contributed by atoms with Crippen LogP contribution in [0.15, 0.2) is 71.6 Å². The summed E-state index contributed by atoms with van der Waals surface area (Å²) in [7, 11) is -7.42. The molecule has 0 bridgehead atoms. The van der Waals surface area contributed by atoms with Crippen molar-refractivity contribution in [3.63, 3.8) is 0 Å². The summed E-state index contributed by atoms with van der Waals surface area (Å²) in [6.45, 7) is 2.45. The Labute approximate surface area is 233 Å². The minimum absolute atomic E-state index is 0.0151. The molecule has 0 spiro atoms. The summed E-state index contributed by atoms with van der Waals surface area (Å²) in [6.07, 6.45) is 0.797. The Kier molecular flexibility index (Phi) is 8.68. The predicted molar refractivity (Wildman–Crippen MR) is 150 cm³/mol.